The minimum Gasteiger partial charge on any atom is -0.462 e. The van der Waals surface area contributed by atoms with Gasteiger partial charge < -0.3 is 15.4 Å². The first-order valence-corrected chi connectivity index (χ1v) is 12.5. The number of nitrogens with zero attached hydrogens (tertiary/aromatic N) is 3. The molecule has 0 aliphatic carbocycles. The van der Waals surface area contributed by atoms with Gasteiger partial charge in [-0.05, 0) is 36.1 Å². The van der Waals surface area contributed by atoms with Crippen molar-refractivity contribution in [3.05, 3.63) is 111 Å². The number of ether oxygens (including phenoxy) is 1. The van der Waals surface area contributed by atoms with Crippen LogP contribution in [0.4, 0.5) is 22.9 Å². The van der Waals surface area contributed by atoms with Crippen molar-refractivity contribution in [2.45, 2.75) is 39.8 Å². The largest absolute Gasteiger partial charge is 0.462 e. The molecule has 0 aliphatic heterocycles. The molecule has 1 heterocycles. The maximum Gasteiger partial charge on any atom is 0.343 e. The smallest absolute Gasteiger partial charge is 0.343 e. The summed E-state index contributed by atoms with van der Waals surface area (Å²) in [6.45, 7) is 6.71. The van der Waals surface area contributed by atoms with E-state index in [0.29, 0.717) is 30.3 Å². The van der Waals surface area contributed by atoms with Crippen LogP contribution in [0, 0.1) is 10.1 Å². The normalized spacial score (nSPS) is 10.8. The summed E-state index contributed by atoms with van der Waals surface area (Å²) >= 11 is 0. The topological polar surface area (TPSA) is 111 Å². The fraction of sp³-hybridized carbons (Fsp3) is 0.241. The molecule has 9 nitrogen and oxygen atoms in total. The average molecular weight is 514 g/mol. The van der Waals surface area contributed by atoms with Crippen LogP contribution in [0.3, 0.4) is 0 Å². The summed E-state index contributed by atoms with van der Waals surface area (Å²) in [6, 6.07) is 24.4. The Hall–Kier alpha value is -4.66. The first kappa shape index (κ1) is 26.4. The molecule has 0 bridgehead atoms. The molecule has 0 saturated heterocycles. The van der Waals surface area contributed by atoms with E-state index in [4.69, 9.17) is 9.84 Å². The van der Waals surface area contributed by atoms with Gasteiger partial charge in [0, 0.05) is 18.3 Å². The molecule has 2 N–H and O–H groups in total. The number of hydrogen-bond donors (Lipinski definition) is 2. The van der Waals surface area contributed by atoms with Crippen molar-refractivity contribution in [1.82, 2.24) is 9.78 Å². The summed E-state index contributed by atoms with van der Waals surface area (Å²) in [5.41, 5.74) is 3.59. The molecule has 1 aromatic heterocycles. The van der Waals surface area contributed by atoms with Crippen LogP contribution in [0.15, 0.2) is 78.9 Å². The van der Waals surface area contributed by atoms with Gasteiger partial charge in [0.05, 0.1) is 23.8 Å². The van der Waals surface area contributed by atoms with E-state index in [1.165, 1.54) is 6.07 Å². The number of nitrogens with one attached hydrogen (secondary N) is 2. The molecule has 0 unspecified atom stereocenters. The second-order valence-corrected chi connectivity index (χ2v) is 9.08. The Balaban J connectivity index is 1.73. The van der Waals surface area contributed by atoms with Gasteiger partial charge in [-0.3, -0.25) is 10.1 Å². The third-order valence-corrected chi connectivity index (χ3v) is 5.97. The van der Waals surface area contributed by atoms with Crippen LogP contribution in [0.1, 0.15) is 53.9 Å². The van der Waals surface area contributed by atoms with Crippen LogP contribution in [-0.4, -0.2) is 27.3 Å². The van der Waals surface area contributed by atoms with Crippen molar-refractivity contribution in [1.29, 1.82) is 0 Å². The Morgan fingerprint density at radius 3 is 2.29 bits per heavy atom. The molecule has 0 saturated carbocycles. The zero-order chi connectivity index (χ0) is 27.1. The van der Waals surface area contributed by atoms with Crippen molar-refractivity contribution in [2.75, 3.05) is 17.2 Å². The van der Waals surface area contributed by atoms with Crippen LogP contribution >= 0.6 is 0 Å². The van der Waals surface area contributed by atoms with Gasteiger partial charge in [0.15, 0.2) is 0 Å². The van der Waals surface area contributed by atoms with Crippen molar-refractivity contribution < 1.29 is 14.5 Å². The summed E-state index contributed by atoms with van der Waals surface area (Å²) in [5, 5.41) is 23.2. The molecule has 0 amide bonds. The number of nitro benzene ring substituents is 1. The number of nitro groups is 1. The molecule has 0 radical (unpaired) electrons. The molecule has 0 spiro atoms. The highest BCUT2D eigenvalue weighted by Crippen LogP contribution is 2.35. The van der Waals surface area contributed by atoms with Gasteiger partial charge in [0.2, 0.25) is 0 Å². The highest BCUT2D eigenvalue weighted by molar-refractivity contribution is 5.97. The summed E-state index contributed by atoms with van der Waals surface area (Å²) in [5.74, 6) is -0.252. The first-order valence-electron chi connectivity index (χ1n) is 12.5. The third-order valence-electron chi connectivity index (χ3n) is 5.97. The number of hydrogen-bond acceptors (Lipinski definition) is 7. The summed E-state index contributed by atoms with van der Waals surface area (Å²) in [6.07, 6.45) is 0. The zero-order valence-corrected chi connectivity index (χ0v) is 21.7. The van der Waals surface area contributed by atoms with Gasteiger partial charge in [-0.1, -0.05) is 74.5 Å². The summed E-state index contributed by atoms with van der Waals surface area (Å²) < 4.78 is 7.02. The van der Waals surface area contributed by atoms with Crippen molar-refractivity contribution in [3.8, 4) is 0 Å². The van der Waals surface area contributed by atoms with Crippen LogP contribution < -0.4 is 10.6 Å². The van der Waals surface area contributed by atoms with E-state index >= 15 is 0 Å². The minimum absolute atomic E-state index is 0.0773. The van der Waals surface area contributed by atoms with Crippen LogP contribution in [0.2, 0.25) is 0 Å². The fourth-order valence-electron chi connectivity index (χ4n) is 4.11. The van der Waals surface area contributed by atoms with E-state index in [0.717, 1.165) is 11.1 Å². The number of anilines is 3. The van der Waals surface area contributed by atoms with Crippen molar-refractivity contribution in [2.24, 2.45) is 0 Å². The molecule has 3 aromatic carbocycles. The lowest BCUT2D eigenvalue weighted by Crippen LogP contribution is -2.12. The van der Waals surface area contributed by atoms with Crippen LogP contribution in [0.5, 0.6) is 0 Å². The second-order valence-electron chi connectivity index (χ2n) is 9.08. The molecule has 0 atom stereocenters. The Kier molecular flexibility index (Phi) is 8.37. The third kappa shape index (κ3) is 6.18. The number of carbonyl (C=O) groups is 1. The minimum atomic E-state index is -0.526. The number of rotatable bonds is 11. The molecule has 38 heavy (non-hydrogen) atoms. The summed E-state index contributed by atoms with van der Waals surface area (Å²) in [7, 11) is 0. The lowest BCUT2D eigenvalue weighted by atomic mass is 10.1. The predicted molar refractivity (Wildman–Crippen MR) is 148 cm³/mol. The maximum absolute atomic E-state index is 13.1. The van der Waals surface area contributed by atoms with Gasteiger partial charge in [0.1, 0.15) is 17.1 Å². The van der Waals surface area contributed by atoms with Crippen LogP contribution in [0.25, 0.3) is 0 Å². The predicted octanol–water partition coefficient (Wildman–Crippen LogP) is 6.50. The average Bonchev–Trinajstić information content (AvgIpc) is 3.27. The lowest BCUT2D eigenvalue weighted by molar-refractivity contribution is -0.383. The molecule has 0 aliphatic rings. The van der Waals surface area contributed by atoms with Gasteiger partial charge in [0.25, 0.3) is 5.69 Å². The maximum atomic E-state index is 13.1. The van der Waals surface area contributed by atoms with Crippen molar-refractivity contribution in [3.63, 3.8) is 0 Å². The standard InChI is InChI=1S/C29H31N5O4/c1-4-38-29(35)26-27(20(2)3)32-33(19-22-13-9-6-10-14-22)28(26)31-24-16-15-23(17-25(24)34(36)37)30-18-21-11-7-5-8-12-21/h5-17,20,30-31H,4,18-19H2,1-3H3. The number of esters is 1. The van der Waals surface area contributed by atoms with E-state index < -0.39 is 10.9 Å². The molecular formula is C29H31N5O4. The fourth-order valence-corrected chi connectivity index (χ4v) is 4.11. The summed E-state index contributed by atoms with van der Waals surface area (Å²) in [4.78, 5) is 24.7. The van der Waals surface area contributed by atoms with Gasteiger partial charge in [-0.15, -0.1) is 0 Å². The highest BCUT2D eigenvalue weighted by Gasteiger charge is 2.28. The van der Waals surface area contributed by atoms with E-state index in [1.807, 2.05) is 74.5 Å². The van der Waals surface area contributed by atoms with Crippen molar-refractivity contribution >= 4 is 28.8 Å². The monoisotopic (exact) mass is 513 g/mol. The van der Waals surface area contributed by atoms with Gasteiger partial charge >= 0.3 is 5.97 Å². The quantitative estimate of drug-likeness (QED) is 0.134. The number of aromatic nitrogens is 2. The van der Waals surface area contributed by atoms with Gasteiger partial charge in [-0.25, -0.2) is 9.48 Å². The Labute approximate surface area is 221 Å². The molecule has 9 heteroatoms. The highest BCUT2D eigenvalue weighted by atomic mass is 16.6. The molecule has 4 rings (SSSR count). The molecule has 4 aromatic rings. The zero-order valence-electron chi connectivity index (χ0n) is 21.7. The van der Waals surface area contributed by atoms with E-state index in [1.54, 1.807) is 23.7 Å². The molecule has 196 valence electrons. The van der Waals surface area contributed by atoms with Crippen LogP contribution in [-0.2, 0) is 17.8 Å². The Bertz CT molecular complexity index is 1400. The SMILES string of the molecule is CCOC(=O)c1c(C(C)C)nn(Cc2ccccc2)c1Nc1ccc(NCc2ccccc2)cc1[N+](=O)[O-]. The lowest BCUT2D eigenvalue weighted by Gasteiger charge is -2.14. The molecular weight excluding hydrogens is 482 g/mol. The van der Waals surface area contributed by atoms with E-state index in [9.17, 15) is 14.9 Å². The van der Waals surface area contributed by atoms with E-state index in [-0.39, 0.29) is 29.5 Å². The molecule has 0 fully saturated rings. The number of carbonyl (C=O) groups excluding carboxylic acids is 1. The number of benzene rings is 3. The first-order chi connectivity index (χ1) is 18.4. The Morgan fingerprint density at radius 2 is 1.68 bits per heavy atom. The van der Waals surface area contributed by atoms with E-state index in [2.05, 4.69) is 10.6 Å². The van der Waals surface area contributed by atoms with Gasteiger partial charge in [-0.2, -0.15) is 5.10 Å². The second kappa shape index (κ2) is 12.1. The Morgan fingerprint density at radius 1 is 1.03 bits per heavy atom.